The fourth-order valence-corrected chi connectivity index (χ4v) is 5.28. The van der Waals surface area contributed by atoms with E-state index in [0.29, 0.717) is 19.2 Å². The van der Waals surface area contributed by atoms with Crippen molar-refractivity contribution in [2.24, 2.45) is 23.5 Å². The van der Waals surface area contributed by atoms with Crippen LogP contribution < -0.4 is 16.1 Å². The Labute approximate surface area is 228 Å². The van der Waals surface area contributed by atoms with Crippen LogP contribution in [0.4, 0.5) is 19.0 Å². The molecule has 12 heteroatoms. The molecule has 0 spiro atoms. The summed E-state index contributed by atoms with van der Waals surface area (Å²) in [6.07, 6.45) is 4.50. The van der Waals surface area contributed by atoms with Crippen molar-refractivity contribution in [3.63, 3.8) is 0 Å². The molecule has 3 aromatic rings. The average Bonchev–Trinajstić information content (AvgIpc) is 3.28. The number of pyridine rings is 2. The van der Waals surface area contributed by atoms with Gasteiger partial charge in [-0.1, -0.05) is 26.7 Å². The molecule has 3 heterocycles. The first-order valence-corrected chi connectivity index (χ1v) is 13.2. The highest BCUT2D eigenvalue weighted by Crippen LogP contribution is 2.45. The van der Waals surface area contributed by atoms with E-state index in [9.17, 15) is 32.7 Å². The second-order valence-corrected chi connectivity index (χ2v) is 10.2. The summed E-state index contributed by atoms with van der Waals surface area (Å²) in [5.74, 6) is -4.44. The number of nitrogens with zero attached hydrogens (tertiary/aromatic N) is 3. The smallest absolute Gasteiger partial charge is 0.341 e. The zero-order valence-corrected chi connectivity index (χ0v) is 22.1. The number of benzene rings is 1. The van der Waals surface area contributed by atoms with Crippen LogP contribution in [0.25, 0.3) is 16.7 Å². The standard InChI is InChI=1S/C20H15F3N4O3.C8H16O2/c21-8-1-2-15(13(22)3-8)27-7-12(20(29)30)17(28)9-4-14(23)19(25-18(9)27)26-5-10-11(6-26)16(10)24;1-3-5-7(6-4-2)8(9)10/h1-4,7,10-11,16H,5-6,24H2,(H,29,30);7H,3-6H2,1-2H3,(H,9,10)/t10-,11+,16?;. The van der Waals surface area contributed by atoms with Gasteiger partial charge in [-0.3, -0.25) is 14.2 Å². The van der Waals surface area contributed by atoms with Crippen molar-refractivity contribution in [1.82, 2.24) is 9.55 Å². The van der Waals surface area contributed by atoms with Gasteiger partial charge in [-0.05, 0) is 42.9 Å². The molecule has 1 unspecified atom stereocenters. The van der Waals surface area contributed by atoms with Gasteiger partial charge in [-0.15, -0.1) is 0 Å². The van der Waals surface area contributed by atoms with E-state index >= 15 is 0 Å². The first-order valence-electron chi connectivity index (χ1n) is 13.2. The Hall–Kier alpha value is -3.93. The summed E-state index contributed by atoms with van der Waals surface area (Å²) in [4.78, 5) is 40.6. The molecule has 1 aliphatic heterocycles. The van der Waals surface area contributed by atoms with Crippen LogP contribution in [0.2, 0.25) is 0 Å². The van der Waals surface area contributed by atoms with Gasteiger partial charge in [0.25, 0.3) is 0 Å². The summed E-state index contributed by atoms with van der Waals surface area (Å²) in [7, 11) is 0. The molecular formula is C28H31F3N4O5. The topological polar surface area (TPSA) is 139 Å². The lowest BCUT2D eigenvalue weighted by atomic mass is 9.99. The average molecular weight is 561 g/mol. The first-order chi connectivity index (χ1) is 19.0. The number of halogens is 3. The van der Waals surface area contributed by atoms with Gasteiger partial charge in [0, 0.05) is 31.4 Å². The summed E-state index contributed by atoms with van der Waals surface area (Å²) in [5.41, 5.74) is 3.94. The summed E-state index contributed by atoms with van der Waals surface area (Å²) in [6, 6.07) is 3.69. The number of aromatic carboxylic acids is 1. The number of carbonyl (C=O) groups is 2. The van der Waals surface area contributed by atoms with Crippen LogP contribution in [0, 0.1) is 35.2 Å². The van der Waals surface area contributed by atoms with Crippen LogP contribution >= 0.6 is 0 Å². The maximum absolute atomic E-state index is 14.8. The van der Waals surface area contributed by atoms with Crippen molar-refractivity contribution in [1.29, 1.82) is 0 Å². The van der Waals surface area contributed by atoms with E-state index in [2.05, 4.69) is 4.98 Å². The number of nitrogens with two attached hydrogens (primary N) is 1. The Morgan fingerprint density at radius 3 is 2.20 bits per heavy atom. The van der Waals surface area contributed by atoms with Crippen molar-refractivity contribution in [3.8, 4) is 5.69 Å². The summed E-state index contributed by atoms with van der Waals surface area (Å²) in [6.45, 7) is 5.05. The fraction of sp³-hybridized carbons (Fsp3) is 0.429. The van der Waals surface area contributed by atoms with Gasteiger partial charge in [-0.25, -0.2) is 22.9 Å². The van der Waals surface area contributed by atoms with Crippen LogP contribution in [-0.2, 0) is 4.79 Å². The van der Waals surface area contributed by atoms with E-state index in [1.54, 1.807) is 4.90 Å². The Bertz CT molecular complexity index is 1490. The lowest BCUT2D eigenvalue weighted by Crippen LogP contribution is -2.30. The molecule has 0 amide bonds. The molecule has 1 saturated heterocycles. The molecule has 4 N–H and O–H groups in total. The largest absolute Gasteiger partial charge is 0.481 e. The van der Waals surface area contributed by atoms with E-state index in [1.165, 1.54) is 0 Å². The minimum absolute atomic E-state index is 0.0272. The fourth-order valence-electron chi connectivity index (χ4n) is 5.28. The number of aliphatic carboxylic acids is 1. The zero-order valence-electron chi connectivity index (χ0n) is 22.1. The maximum Gasteiger partial charge on any atom is 0.341 e. The number of carboxylic acids is 2. The number of aromatic nitrogens is 2. The molecular weight excluding hydrogens is 529 g/mol. The molecule has 214 valence electrons. The SMILES string of the molecule is CCCC(CCC)C(=O)O.NC1[C@H]2CN(c3nc4c(cc3F)c(=O)c(C(=O)O)cn4-c3ccc(F)cc3F)C[C@@H]12. The van der Waals surface area contributed by atoms with Crippen molar-refractivity contribution in [2.45, 2.75) is 45.6 Å². The number of anilines is 1. The Morgan fingerprint density at radius 2 is 1.68 bits per heavy atom. The van der Waals surface area contributed by atoms with Gasteiger partial charge < -0.3 is 20.8 Å². The molecule has 9 nitrogen and oxygen atoms in total. The van der Waals surface area contributed by atoms with Gasteiger partial charge >= 0.3 is 11.9 Å². The highest BCUT2D eigenvalue weighted by molar-refractivity contribution is 5.92. The van der Waals surface area contributed by atoms with E-state index in [4.69, 9.17) is 10.8 Å². The van der Waals surface area contributed by atoms with Crippen molar-refractivity contribution in [2.75, 3.05) is 18.0 Å². The van der Waals surface area contributed by atoms with Crippen LogP contribution in [0.1, 0.15) is 49.9 Å². The third kappa shape index (κ3) is 5.67. The quantitative estimate of drug-likeness (QED) is 0.373. The Balaban J connectivity index is 0.000000318. The second-order valence-electron chi connectivity index (χ2n) is 10.2. The second kappa shape index (κ2) is 11.7. The summed E-state index contributed by atoms with van der Waals surface area (Å²) >= 11 is 0. The van der Waals surface area contributed by atoms with E-state index in [-0.39, 0.29) is 46.3 Å². The minimum atomic E-state index is -1.56. The van der Waals surface area contributed by atoms with Crippen molar-refractivity contribution in [3.05, 3.63) is 63.7 Å². The molecule has 0 bridgehead atoms. The lowest BCUT2D eigenvalue weighted by Gasteiger charge is -2.22. The van der Waals surface area contributed by atoms with Gasteiger partial charge in [0.2, 0.25) is 5.43 Å². The van der Waals surface area contributed by atoms with Gasteiger partial charge in [0.1, 0.15) is 17.2 Å². The monoisotopic (exact) mass is 560 g/mol. The zero-order chi connectivity index (χ0) is 29.3. The number of piperidine rings is 1. The molecule has 1 aliphatic carbocycles. The predicted molar refractivity (Wildman–Crippen MR) is 142 cm³/mol. The number of fused-ring (bicyclic) bond motifs is 2. The first kappa shape index (κ1) is 29.1. The van der Waals surface area contributed by atoms with Crippen LogP contribution in [-0.4, -0.2) is 50.8 Å². The Morgan fingerprint density at radius 1 is 1.05 bits per heavy atom. The third-order valence-electron chi connectivity index (χ3n) is 7.50. The number of rotatable bonds is 8. The molecule has 1 saturated carbocycles. The number of hydrogen-bond acceptors (Lipinski definition) is 6. The molecule has 3 atom stereocenters. The van der Waals surface area contributed by atoms with Gasteiger partial charge in [0.15, 0.2) is 17.3 Å². The molecule has 5 rings (SSSR count). The molecule has 2 fully saturated rings. The summed E-state index contributed by atoms with van der Waals surface area (Å²) in [5, 5.41) is 17.7. The summed E-state index contributed by atoms with van der Waals surface area (Å²) < 4.78 is 43.7. The van der Waals surface area contributed by atoms with E-state index in [0.717, 1.165) is 54.6 Å². The van der Waals surface area contributed by atoms with Crippen LogP contribution in [0.15, 0.2) is 35.3 Å². The highest BCUT2D eigenvalue weighted by Gasteiger charge is 2.54. The minimum Gasteiger partial charge on any atom is -0.481 e. The third-order valence-corrected chi connectivity index (χ3v) is 7.50. The number of hydrogen-bond donors (Lipinski definition) is 3. The van der Waals surface area contributed by atoms with Gasteiger partial charge in [0.05, 0.1) is 17.0 Å². The van der Waals surface area contributed by atoms with Crippen molar-refractivity contribution < 1.29 is 33.0 Å². The Kier molecular flexibility index (Phi) is 8.48. The molecule has 2 aromatic heterocycles. The number of carboxylic acid groups (broad SMARTS) is 2. The van der Waals surface area contributed by atoms with E-state index in [1.807, 2.05) is 13.8 Å². The lowest BCUT2D eigenvalue weighted by molar-refractivity contribution is -0.142. The van der Waals surface area contributed by atoms with Crippen molar-refractivity contribution >= 4 is 28.8 Å². The highest BCUT2D eigenvalue weighted by atomic mass is 19.1. The van der Waals surface area contributed by atoms with Gasteiger partial charge in [-0.2, -0.15) is 0 Å². The molecule has 40 heavy (non-hydrogen) atoms. The molecule has 1 aromatic carbocycles. The van der Waals surface area contributed by atoms with Crippen LogP contribution in [0.5, 0.6) is 0 Å². The molecule has 2 aliphatic rings. The molecule has 0 radical (unpaired) electrons. The van der Waals surface area contributed by atoms with Crippen LogP contribution in [0.3, 0.4) is 0 Å². The predicted octanol–water partition coefficient (Wildman–Crippen LogP) is 4.18. The van der Waals surface area contributed by atoms with E-state index < -0.39 is 40.4 Å². The maximum atomic E-state index is 14.8. The normalized spacial score (nSPS) is 19.4.